The first-order valence-corrected chi connectivity index (χ1v) is 10.8. The van der Waals surface area contributed by atoms with Crippen LogP contribution in [0.5, 0.6) is 0 Å². The molecular weight excluding hydrogens is 428 g/mol. The molecule has 7 nitrogen and oxygen atoms in total. The van der Waals surface area contributed by atoms with Gasteiger partial charge in [-0.05, 0) is 43.2 Å². The van der Waals surface area contributed by atoms with Gasteiger partial charge in [0.1, 0.15) is 0 Å². The summed E-state index contributed by atoms with van der Waals surface area (Å²) in [6.07, 6.45) is 1.70. The van der Waals surface area contributed by atoms with Crippen LogP contribution in [0.4, 0.5) is 0 Å². The van der Waals surface area contributed by atoms with Crippen molar-refractivity contribution in [3.8, 4) is 0 Å². The van der Waals surface area contributed by atoms with Gasteiger partial charge < -0.3 is 9.84 Å². The summed E-state index contributed by atoms with van der Waals surface area (Å²) in [7, 11) is 0. The van der Waals surface area contributed by atoms with Gasteiger partial charge in [-0.2, -0.15) is 0 Å². The topological polar surface area (TPSA) is 98.0 Å². The van der Waals surface area contributed by atoms with E-state index in [9.17, 15) is 14.4 Å². The maximum absolute atomic E-state index is 13.4. The smallest absolute Gasteiger partial charge is 0.338 e. The Labute approximate surface area is 187 Å². The van der Waals surface area contributed by atoms with Crippen molar-refractivity contribution in [2.24, 2.45) is 4.99 Å². The number of nitrogens with zero attached hydrogens (tertiary/aromatic N) is 2. The standard InChI is InChI=1S/C24H20N2O5S/c1-3-31-23(30)19-14(2)25-24-26(20(19)16-7-5-4-6-8-16)21(27)18(32-24)13-15-9-11-17(12-10-15)22(28)29/h4-13,20H,3H2,1-2H3,(H,28,29)/b18-13+/t20-/m1/s1. The van der Waals surface area contributed by atoms with Crippen molar-refractivity contribution >= 4 is 29.4 Å². The predicted octanol–water partition coefficient (Wildman–Crippen LogP) is 2.50. The zero-order valence-electron chi connectivity index (χ0n) is 17.4. The third kappa shape index (κ3) is 3.92. The molecule has 4 rings (SSSR count). The van der Waals surface area contributed by atoms with Crippen LogP contribution >= 0.6 is 11.3 Å². The minimum atomic E-state index is -1.01. The molecule has 8 heteroatoms. The van der Waals surface area contributed by atoms with Crippen LogP contribution < -0.4 is 14.9 Å². The minimum Gasteiger partial charge on any atom is -0.478 e. The first-order chi connectivity index (χ1) is 15.4. The number of esters is 1. The fourth-order valence-corrected chi connectivity index (χ4v) is 4.66. The molecule has 0 fully saturated rings. The van der Waals surface area contributed by atoms with Gasteiger partial charge in [-0.15, -0.1) is 0 Å². The Morgan fingerprint density at radius 1 is 1.16 bits per heavy atom. The van der Waals surface area contributed by atoms with E-state index in [1.807, 2.05) is 30.3 Å². The molecule has 1 atom stereocenters. The van der Waals surface area contributed by atoms with E-state index >= 15 is 0 Å². The fraction of sp³-hybridized carbons (Fsp3) is 0.167. The maximum atomic E-state index is 13.4. The molecule has 162 valence electrons. The van der Waals surface area contributed by atoms with E-state index in [0.717, 1.165) is 5.56 Å². The number of allylic oxidation sites excluding steroid dienone is 1. The molecule has 1 N–H and O–H groups in total. The number of carbonyl (C=O) groups is 2. The highest BCUT2D eigenvalue weighted by atomic mass is 32.1. The summed E-state index contributed by atoms with van der Waals surface area (Å²) >= 11 is 1.22. The summed E-state index contributed by atoms with van der Waals surface area (Å²) in [5.74, 6) is -1.51. The number of carboxylic acids is 1. The van der Waals surface area contributed by atoms with Crippen molar-refractivity contribution in [1.29, 1.82) is 0 Å². The molecule has 0 bridgehead atoms. The van der Waals surface area contributed by atoms with Crippen molar-refractivity contribution in [2.75, 3.05) is 6.61 Å². The van der Waals surface area contributed by atoms with E-state index in [1.54, 1.807) is 32.1 Å². The fourth-order valence-electron chi connectivity index (χ4n) is 3.62. The number of thiazole rings is 1. The second-order valence-corrected chi connectivity index (χ2v) is 8.15. The number of fused-ring (bicyclic) bond motifs is 1. The largest absolute Gasteiger partial charge is 0.478 e. The average molecular weight is 449 g/mol. The monoisotopic (exact) mass is 448 g/mol. The molecule has 0 saturated carbocycles. The Morgan fingerprint density at radius 2 is 1.84 bits per heavy atom. The zero-order chi connectivity index (χ0) is 22.8. The second kappa shape index (κ2) is 8.76. The molecule has 1 aliphatic heterocycles. The lowest BCUT2D eigenvalue weighted by atomic mass is 9.96. The summed E-state index contributed by atoms with van der Waals surface area (Å²) in [6.45, 7) is 3.69. The third-order valence-corrected chi connectivity index (χ3v) is 6.07. The van der Waals surface area contributed by atoms with Crippen LogP contribution in [0.2, 0.25) is 0 Å². The third-order valence-electron chi connectivity index (χ3n) is 5.09. The Morgan fingerprint density at radius 3 is 2.47 bits per heavy atom. The number of aromatic nitrogens is 1. The van der Waals surface area contributed by atoms with Crippen molar-refractivity contribution in [1.82, 2.24) is 4.57 Å². The summed E-state index contributed by atoms with van der Waals surface area (Å²) < 4.78 is 7.23. The van der Waals surface area contributed by atoms with Gasteiger partial charge in [-0.1, -0.05) is 53.8 Å². The molecule has 3 aromatic rings. The van der Waals surface area contributed by atoms with Crippen molar-refractivity contribution in [3.63, 3.8) is 0 Å². The van der Waals surface area contributed by atoms with Crippen LogP contribution in [-0.2, 0) is 9.53 Å². The number of ether oxygens (including phenoxy) is 1. The molecule has 2 aromatic carbocycles. The predicted molar refractivity (Wildman–Crippen MR) is 120 cm³/mol. The van der Waals surface area contributed by atoms with Gasteiger partial charge in [0, 0.05) is 0 Å². The lowest BCUT2D eigenvalue weighted by Gasteiger charge is -2.24. The molecule has 0 radical (unpaired) electrons. The molecule has 0 spiro atoms. The highest BCUT2D eigenvalue weighted by Gasteiger charge is 2.33. The van der Waals surface area contributed by atoms with E-state index < -0.39 is 18.0 Å². The molecule has 0 unspecified atom stereocenters. The summed E-state index contributed by atoms with van der Waals surface area (Å²) in [5.41, 5.74) is 2.21. The molecule has 32 heavy (non-hydrogen) atoms. The van der Waals surface area contributed by atoms with Crippen molar-refractivity contribution in [2.45, 2.75) is 19.9 Å². The molecule has 0 amide bonds. The van der Waals surface area contributed by atoms with Gasteiger partial charge in [0.25, 0.3) is 5.56 Å². The summed E-state index contributed by atoms with van der Waals surface area (Å²) in [6, 6.07) is 14.9. The first kappa shape index (κ1) is 21.5. The zero-order valence-corrected chi connectivity index (χ0v) is 18.3. The van der Waals surface area contributed by atoms with E-state index in [0.29, 0.717) is 26.2 Å². The number of hydrogen-bond acceptors (Lipinski definition) is 6. The van der Waals surface area contributed by atoms with E-state index in [2.05, 4.69) is 4.99 Å². The Hall–Kier alpha value is -3.78. The molecule has 1 aromatic heterocycles. The summed E-state index contributed by atoms with van der Waals surface area (Å²) in [4.78, 5) is 42.3. The quantitative estimate of drug-likeness (QED) is 0.605. The number of benzene rings is 2. The van der Waals surface area contributed by atoms with Gasteiger partial charge >= 0.3 is 11.9 Å². The van der Waals surface area contributed by atoms with Crippen LogP contribution in [0, 0.1) is 0 Å². The lowest BCUT2D eigenvalue weighted by molar-refractivity contribution is -0.139. The Balaban J connectivity index is 1.90. The van der Waals surface area contributed by atoms with Gasteiger partial charge in [0.2, 0.25) is 0 Å². The Bertz CT molecular complexity index is 1400. The number of carboxylic acid groups (broad SMARTS) is 1. The number of aromatic carboxylic acids is 1. The highest BCUT2D eigenvalue weighted by molar-refractivity contribution is 7.07. The molecule has 0 saturated heterocycles. The average Bonchev–Trinajstić information content (AvgIpc) is 3.08. The van der Waals surface area contributed by atoms with Gasteiger partial charge in [-0.25, -0.2) is 14.6 Å². The lowest BCUT2D eigenvalue weighted by Crippen LogP contribution is -2.39. The molecule has 0 aliphatic carbocycles. The van der Waals surface area contributed by atoms with Crippen LogP contribution in [0.3, 0.4) is 0 Å². The second-order valence-electron chi connectivity index (χ2n) is 7.14. The summed E-state index contributed by atoms with van der Waals surface area (Å²) in [5, 5.41) is 9.07. The van der Waals surface area contributed by atoms with Crippen molar-refractivity contribution < 1.29 is 19.4 Å². The van der Waals surface area contributed by atoms with Gasteiger partial charge in [0.15, 0.2) is 4.80 Å². The number of rotatable bonds is 5. The van der Waals surface area contributed by atoms with Crippen LogP contribution in [0.25, 0.3) is 6.08 Å². The normalized spacial score (nSPS) is 15.8. The van der Waals surface area contributed by atoms with Crippen LogP contribution in [0.1, 0.15) is 41.4 Å². The highest BCUT2D eigenvalue weighted by Crippen LogP contribution is 2.30. The van der Waals surface area contributed by atoms with Crippen LogP contribution in [-0.4, -0.2) is 28.2 Å². The Kier molecular flexibility index (Phi) is 5.87. The van der Waals surface area contributed by atoms with Crippen molar-refractivity contribution in [3.05, 3.63) is 102 Å². The van der Waals surface area contributed by atoms with E-state index in [-0.39, 0.29) is 17.7 Å². The molecule has 1 aliphatic rings. The van der Waals surface area contributed by atoms with Gasteiger partial charge in [-0.3, -0.25) is 9.36 Å². The minimum absolute atomic E-state index is 0.169. The molecule has 2 heterocycles. The number of carbonyl (C=O) groups excluding carboxylic acids is 1. The SMILES string of the molecule is CCOC(=O)C1=C(C)N=c2s/c(=C/c3ccc(C(=O)O)cc3)c(=O)n2[C@@H]1c1ccccc1. The molecular formula is C24H20N2O5S. The maximum Gasteiger partial charge on any atom is 0.338 e. The van der Waals surface area contributed by atoms with Crippen LogP contribution in [0.15, 0.2) is 75.7 Å². The van der Waals surface area contributed by atoms with E-state index in [4.69, 9.17) is 9.84 Å². The van der Waals surface area contributed by atoms with E-state index in [1.165, 1.54) is 28.0 Å². The van der Waals surface area contributed by atoms with Gasteiger partial charge in [0.05, 0.1) is 34.0 Å². The first-order valence-electron chi connectivity index (χ1n) is 9.98. The number of hydrogen-bond donors (Lipinski definition) is 1.